The minimum atomic E-state index is 0.355. The molecule has 1 fully saturated rings. The standard InChI is InChI=1S/C13H15ClN2O/c1-16-5-4-11(8-16)12-3-2-10(6-13(12)14)7-15-9-17/h2-3,6,11H,4-5,7-8H2,1H3. The van der Waals surface area contributed by atoms with Crippen LogP contribution in [0, 0.1) is 0 Å². The van der Waals surface area contributed by atoms with Gasteiger partial charge < -0.3 is 4.90 Å². The zero-order valence-corrected chi connectivity index (χ0v) is 10.6. The van der Waals surface area contributed by atoms with Crippen molar-refractivity contribution in [1.29, 1.82) is 0 Å². The summed E-state index contributed by atoms with van der Waals surface area (Å²) in [6, 6.07) is 5.94. The summed E-state index contributed by atoms with van der Waals surface area (Å²) in [6.45, 7) is 2.54. The summed E-state index contributed by atoms with van der Waals surface area (Å²) in [5.74, 6) is 0.524. The fraction of sp³-hybridized carbons (Fsp3) is 0.462. The Kier molecular flexibility index (Phi) is 3.95. The highest BCUT2D eigenvalue weighted by Crippen LogP contribution is 2.32. The lowest BCUT2D eigenvalue weighted by atomic mass is 9.97. The SMILES string of the molecule is CN1CCC(c2ccc(CN=C=O)cc2Cl)C1. The molecule has 0 aliphatic carbocycles. The number of rotatable bonds is 3. The zero-order valence-electron chi connectivity index (χ0n) is 9.82. The molecule has 0 radical (unpaired) electrons. The molecule has 0 saturated carbocycles. The molecular formula is C13H15ClN2O. The number of carbonyl (C=O) groups excluding carboxylic acids is 1. The Morgan fingerprint density at radius 3 is 3.00 bits per heavy atom. The average Bonchev–Trinajstić information content (AvgIpc) is 2.73. The van der Waals surface area contributed by atoms with Gasteiger partial charge in [0.2, 0.25) is 6.08 Å². The largest absolute Gasteiger partial charge is 0.306 e. The van der Waals surface area contributed by atoms with Crippen molar-refractivity contribution in [3.8, 4) is 0 Å². The first-order chi connectivity index (χ1) is 8.20. The Morgan fingerprint density at radius 1 is 1.59 bits per heavy atom. The first-order valence-corrected chi connectivity index (χ1v) is 6.09. The molecule has 1 unspecified atom stereocenters. The van der Waals surface area contributed by atoms with E-state index in [1.807, 2.05) is 12.1 Å². The molecule has 0 aromatic heterocycles. The average molecular weight is 251 g/mol. The van der Waals surface area contributed by atoms with Crippen LogP contribution in [-0.4, -0.2) is 31.1 Å². The summed E-state index contributed by atoms with van der Waals surface area (Å²) in [4.78, 5) is 15.9. The quantitative estimate of drug-likeness (QED) is 0.610. The minimum absolute atomic E-state index is 0.355. The second kappa shape index (κ2) is 5.46. The van der Waals surface area contributed by atoms with Crippen molar-refractivity contribution in [2.75, 3.05) is 20.1 Å². The molecule has 1 heterocycles. The molecular weight excluding hydrogens is 236 g/mol. The van der Waals surface area contributed by atoms with Gasteiger partial charge in [0.15, 0.2) is 0 Å². The van der Waals surface area contributed by atoms with Gasteiger partial charge in [-0.1, -0.05) is 23.7 Å². The first-order valence-electron chi connectivity index (χ1n) is 5.71. The number of hydrogen-bond acceptors (Lipinski definition) is 3. The molecule has 1 aliphatic heterocycles. The smallest absolute Gasteiger partial charge is 0.235 e. The molecule has 0 bridgehead atoms. The van der Waals surface area contributed by atoms with Gasteiger partial charge in [0.1, 0.15) is 0 Å². The Labute approximate surface area is 106 Å². The summed E-state index contributed by atoms with van der Waals surface area (Å²) in [5, 5.41) is 0.781. The van der Waals surface area contributed by atoms with Gasteiger partial charge >= 0.3 is 0 Å². The van der Waals surface area contributed by atoms with E-state index in [0.29, 0.717) is 12.5 Å². The molecule has 1 aromatic carbocycles. The van der Waals surface area contributed by atoms with Crippen LogP contribution in [0.4, 0.5) is 0 Å². The van der Waals surface area contributed by atoms with Gasteiger partial charge in [0, 0.05) is 11.6 Å². The van der Waals surface area contributed by atoms with Crippen LogP contribution < -0.4 is 0 Å². The van der Waals surface area contributed by atoms with Crippen molar-refractivity contribution < 1.29 is 4.79 Å². The molecule has 1 saturated heterocycles. The maximum Gasteiger partial charge on any atom is 0.235 e. The van der Waals surface area contributed by atoms with Crippen molar-refractivity contribution in [2.24, 2.45) is 4.99 Å². The third-order valence-electron chi connectivity index (χ3n) is 3.22. The molecule has 0 spiro atoms. The zero-order chi connectivity index (χ0) is 12.3. The normalized spacial score (nSPS) is 20.2. The van der Waals surface area contributed by atoms with E-state index in [4.69, 9.17) is 11.6 Å². The monoisotopic (exact) mass is 250 g/mol. The van der Waals surface area contributed by atoms with E-state index >= 15 is 0 Å². The Bertz CT molecular complexity index is 455. The summed E-state index contributed by atoms with van der Waals surface area (Å²) in [6.07, 6.45) is 2.69. The van der Waals surface area contributed by atoms with Crippen molar-refractivity contribution in [3.05, 3.63) is 34.3 Å². The molecule has 2 rings (SSSR count). The summed E-state index contributed by atoms with van der Waals surface area (Å²) in [7, 11) is 2.13. The number of nitrogens with zero attached hydrogens (tertiary/aromatic N) is 2. The molecule has 3 nitrogen and oxygen atoms in total. The van der Waals surface area contributed by atoms with Crippen LogP contribution in [0.25, 0.3) is 0 Å². The minimum Gasteiger partial charge on any atom is -0.306 e. The second-order valence-electron chi connectivity index (χ2n) is 4.51. The number of aliphatic imine (C=N–C) groups is 1. The predicted molar refractivity (Wildman–Crippen MR) is 68.1 cm³/mol. The Balaban J connectivity index is 2.16. The second-order valence-corrected chi connectivity index (χ2v) is 4.92. The van der Waals surface area contributed by atoms with Gasteiger partial charge in [0.05, 0.1) is 6.54 Å². The van der Waals surface area contributed by atoms with E-state index in [2.05, 4.69) is 23.0 Å². The van der Waals surface area contributed by atoms with Crippen LogP contribution in [0.5, 0.6) is 0 Å². The van der Waals surface area contributed by atoms with Crippen molar-refractivity contribution >= 4 is 17.7 Å². The Hall–Kier alpha value is -1.15. The van der Waals surface area contributed by atoms with Gasteiger partial charge in [-0.05, 0) is 43.1 Å². The maximum absolute atomic E-state index is 10.0. The number of halogens is 1. The maximum atomic E-state index is 10.0. The van der Waals surface area contributed by atoms with Gasteiger partial charge in [-0.15, -0.1) is 0 Å². The van der Waals surface area contributed by atoms with Crippen LogP contribution in [0.3, 0.4) is 0 Å². The highest BCUT2D eigenvalue weighted by Gasteiger charge is 2.22. The molecule has 1 atom stereocenters. The van der Waals surface area contributed by atoms with E-state index < -0.39 is 0 Å². The Morgan fingerprint density at radius 2 is 2.41 bits per heavy atom. The van der Waals surface area contributed by atoms with Crippen molar-refractivity contribution in [1.82, 2.24) is 4.90 Å². The molecule has 0 N–H and O–H groups in total. The molecule has 4 heteroatoms. The van der Waals surface area contributed by atoms with E-state index in [-0.39, 0.29) is 0 Å². The molecule has 1 aromatic rings. The van der Waals surface area contributed by atoms with E-state index in [0.717, 1.165) is 30.1 Å². The van der Waals surface area contributed by atoms with Crippen LogP contribution in [-0.2, 0) is 11.3 Å². The third kappa shape index (κ3) is 2.95. The van der Waals surface area contributed by atoms with Gasteiger partial charge in [-0.3, -0.25) is 0 Å². The van der Waals surface area contributed by atoms with E-state index in [1.54, 1.807) is 0 Å². The van der Waals surface area contributed by atoms with Gasteiger partial charge in [-0.25, -0.2) is 9.79 Å². The molecule has 0 amide bonds. The summed E-state index contributed by atoms with van der Waals surface area (Å²) in [5.41, 5.74) is 2.16. The van der Waals surface area contributed by atoms with Gasteiger partial charge in [-0.2, -0.15) is 0 Å². The van der Waals surface area contributed by atoms with E-state index in [9.17, 15) is 4.79 Å². The van der Waals surface area contributed by atoms with Crippen molar-refractivity contribution in [3.63, 3.8) is 0 Å². The molecule has 17 heavy (non-hydrogen) atoms. The number of likely N-dealkylation sites (tertiary alicyclic amines) is 1. The highest BCUT2D eigenvalue weighted by atomic mass is 35.5. The third-order valence-corrected chi connectivity index (χ3v) is 3.55. The summed E-state index contributed by atoms with van der Waals surface area (Å²) < 4.78 is 0. The lowest BCUT2D eigenvalue weighted by Gasteiger charge is -2.13. The van der Waals surface area contributed by atoms with Gasteiger partial charge in [0.25, 0.3) is 0 Å². The lowest BCUT2D eigenvalue weighted by Crippen LogP contribution is -2.13. The van der Waals surface area contributed by atoms with Crippen molar-refractivity contribution in [2.45, 2.75) is 18.9 Å². The first kappa shape index (κ1) is 12.3. The fourth-order valence-corrected chi connectivity index (χ4v) is 2.67. The topological polar surface area (TPSA) is 32.7 Å². The fourth-order valence-electron chi connectivity index (χ4n) is 2.31. The highest BCUT2D eigenvalue weighted by molar-refractivity contribution is 6.31. The lowest BCUT2D eigenvalue weighted by molar-refractivity contribution is 0.411. The van der Waals surface area contributed by atoms with Crippen LogP contribution >= 0.6 is 11.6 Å². The number of benzene rings is 1. The van der Waals surface area contributed by atoms with Crippen LogP contribution in [0.2, 0.25) is 5.02 Å². The predicted octanol–water partition coefficient (Wildman–Crippen LogP) is 2.59. The van der Waals surface area contributed by atoms with E-state index in [1.165, 1.54) is 11.6 Å². The van der Waals surface area contributed by atoms with Crippen LogP contribution in [0.1, 0.15) is 23.5 Å². The number of hydrogen-bond donors (Lipinski definition) is 0. The number of likely N-dealkylation sites (N-methyl/N-ethyl adjacent to an activating group) is 1. The summed E-state index contributed by atoms with van der Waals surface area (Å²) >= 11 is 6.28. The number of isocyanates is 1. The molecule has 1 aliphatic rings. The van der Waals surface area contributed by atoms with Crippen LogP contribution in [0.15, 0.2) is 23.2 Å². The molecule has 90 valence electrons.